The van der Waals surface area contributed by atoms with Gasteiger partial charge in [0.15, 0.2) is 0 Å². The highest BCUT2D eigenvalue weighted by Gasteiger charge is 2.42. The van der Waals surface area contributed by atoms with Crippen LogP contribution in [0.5, 0.6) is 0 Å². The van der Waals surface area contributed by atoms with Gasteiger partial charge in [-0.05, 0) is 46.7 Å². The monoisotopic (exact) mass is 341 g/mol. The van der Waals surface area contributed by atoms with Gasteiger partial charge in [0.2, 0.25) is 0 Å². The van der Waals surface area contributed by atoms with Gasteiger partial charge in [0.1, 0.15) is 11.9 Å². The Morgan fingerprint density at radius 1 is 1.24 bits per heavy atom. The van der Waals surface area contributed by atoms with Gasteiger partial charge >= 0.3 is 6.09 Å². The van der Waals surface area contributed by atoms with E-state index in [9.17, 15) is 9.18 Å². The number of hydrogen-bond donors (Lipinski definition) is 1. The van der Waals surface area contributed by atoms with E-state index in [0.29, 0.717) is 23.5 Å². The highest BCUT2D eigenvalue weighted by molar-refractivity contribution is 5.68. The van der Waals surface area contributed by atoms with Crippen molar-refractivity contribution in [3.8, 4) is 11.1 Å². The summed E-state index contributed by atoms with van der Waals surface area (Å²) in [5.74, 6) is 0.123. The molecule has 132 valence electrons. The van der Waals surface area contributed by atoms with Crippen LogP contribution in [0.4, 0.5) is 9.18 Å². The van der Waals surface area contributed by atoms with Crippen LogP contribution in [0.3, 0.4) is 0 Å². The van der Waals surface area contributed by atoms with Crippen LogP contribution in [0.25, 0.3) is 11.1 Å². The molecule has 0 saturated heterocycles. The lowest BCUT2D eigenvalue weighted by atomic mass is 9.87. The average molecular weight is 341 g/mol. The van der Waals surface area contributed by atoms with Crippen molar-refractivity contribution in [3.63, 3.8) is 0 Å². The van der Waals surface area contributed by atoms with Gasteiger partial charge in [0.05, 0.1) is 0 Å². The van der Waals surface area contributed by atoms with Gasteiger partial charge in [-0.25, -0.2) is 9.18 Å². The minimum Gasteiger partial charge on any atom is -0.441 e. The summed E-state index contributed by atoms with van der Waals surface area (Å²) >= 11 is 0. The van der Waals surface area contributed by atoms with E-state index in [0.717, 1.165) is 11.1 Å². The van der Waals surface area contributed by atoms with Crippen molar-refractivity contribution in [2.45, 2.75) is 46.1 Å². The molecule has 25 heavy (non-hydrogen) atoms. The lowest BCUT2D eigenvalue weighted by molar-refractivity contribution is 0.0391. The third-order valence-electron chi connectivity index (χ3n) is 4.99. The number of amides is 1. The lowest BCUT2D eigenvalue weighted by Gasteiger charge is -2.26. The van der Waals surface area contributed by atoms with Gasteiger partial charge < -0.3 is 10.5 Å². The Morgan fingerprint density at radius 2 is 1.88 bits per heavy atom. The summed E-state index contributed by atoms with van der Waals surface area (Å²) in [5, 5.41) is 0. The zero-order valence-corrected chi connectivity index (χ0v) is 15.1. The molecule has 1 amide bonds. The summed E-state index contributed by atoms with van der Waals surface area (Å²) in [6, 6.07) is 11.4. The highest BCUT2D eigenvalue weighted by Crippen LogP contribution is 2.48. The van der Waals surface area contributed by atoms with Gasteiger partial charge in [0.25, 0.3) is 0 Å². The normalized spacial score (nSPS) is 18.2. The average Bonchev–Trinajstić information content (AvgIpc) is 2.76. The number of halogens is 1. The van der Waals surface area contributed by atoms with Crippen LogP contribution in [0.2, 0.25) is 0 Å². The van der Waals surface area contributed by atoms with E-state index < -0.39 is 12.2 Å². The molecule has 0 heterocycles. The second kappa shape index (κ2) is 6.17. The number of nitrogens with two attached hydrogens (primary N) is 1. The van der Waals surface area contributed by atoms with Crippen LogP contribution >= 0.6 is 0 Å². The number of carbonyl (C=O) groups is 1. The molecule has 0 spiro atoms. The number of rotatable bonds is 3. The Kier molecular flexibility index (Phi) is 4.31. The van der Waals surface area contributed by atoms with E-state index in [1.807, 2.05) is 44.2 Å². The first kappa shape index (κ1) is 17.5. The van der Waals surface area contributed by atoms with Crippen molar-refractivity contribution >= 4 is 6.09 Å². The van der Waals surface area contributed by atoms with Gasteiger partial charge in [-0.3, -0.25) is 0 Å². The first-order valence-corrected chi connectivity index (χ1v) is 8.58. The minimum absolute atomic E-state index is 0.313. The second-order valence-corrected chi connectivity index (χ2v) is 7.79. The van der Waals surface area contributed by atoms with Crippen LogP contribution < -0.4 is 5.73 Å². The van der Waals surface area contributed by atoms with Gasteiger partial charge in [-0.1, -0.05) is 52.0 Å². The summed E-state index contributed by atoms with van der Waals surface area (Å²) in [6.07, 6.45) is -0.649. The SMILES string of the molecule is CC(C)c1ccc(-c2cc3c(cc2F)C(OC(N)=O)C(C)(C)C3)cc1. The van der Waals surface area contributed by atoms with Crippen molar-refractivity contribution in [2.24, 2.45) is 11.1 Å². The van der Waals surface area contributed by atoms with Gasteiger partial charge in [0, 0.05) is 11.0 Å². The molecule has 3 rings (SSSR count). The van der Waals surface area contributed by atoms with Gasteiger partial charge in [-0.2, -0.15) is 0 Å². The van der Waals surface area contributed by atoms with Crippen LogP contribution in [0.1, 0.15) is 56.4 Å². The van der Waals surface area contributed by atoms with Crippen molar-refractivity contribution < 1.29 is 13.9 Å². The smallest absolute Gasteiger partial charge is 0.405 e. The molecular formula is C21H24FNO2. The van der Waals surface area contributed by atoms with E-state index >= 15 is 0 Å². The molecule has 4 heteroatoms. The predicted molar refractivity (Wildman–Crippen MR) is 96.8 cm³/mol. The van der Waals surface area contributed by atoms with Crippen LogP contribution in [-0.4, -0.2) is 6.09 Å². The predicted octanol–water partition coefficient (Wildman–Crippen LogP) is 5.33. The van der Waals surface area contributed by atoms with E-state index in [-0.39, 0.29) is 11.2 Å². The highest BCUT2D eigenvalue weighted by atomic mass is 19.1. The standard InChI is InChI=1S/C21H24FNO2/c1-12(2)13-5-7-14(8-6-13)16-9-15-11-21(3,4)19(25-20(23)24)17(15)10-18(16)22/h5-10,12,19H,11H2,1-4H3,(H2,23,24). The summed E-state index contributed by atoms with van der Waals surface area (Å²) in [6.45, 7) is 8.25. The fourth-order valence-electron chi connectivity index (χ4n) is 3.64. The maximum absolute atomic E-state index is 14.8. The molecule has 1 unspecified atom stereocenters. The maximum atomic E-state index is 14.8. The molecular weight excluding hydrogens is 317 g/mol. The Hall–Kier alpha value is -2.36. The number of benzene rings is 2. The molecule has 1 atom stereocenters. The Labute approximate surface area is 148 Å². The fourth-order valence-corrected chi connectivity index (χ4v) is 3.64. The largest absolute Gasteiger partial charge is 0.441 e. The van der Waals surface area contributed by atoms with Crippen molar-refractivity contribution in [1.82, 2.24) is 0 Å². The van der Waals surface area contributed by atoms with Crippen molar-refractivity contribution in [3.05, 3.63) is 58.9 Å². The summed E-state index contributed by atoms with van der Waals surface area (Å²) in [7, 11) is 0. The maximum Gasteiger partial charge on any atom is 0.405 e. The van der Waals surface area contributed by atoms with Crippen molar-refractivity contribution in [1.29, 1.82) is 0 Å². The molecule has 0 fully saturated rings. The Balaban J connectivity index is 2.02. The molecule has 0 bridgehead atoms. The molecule has 1 aliphatic carbocycles. The minimum atomic E-state index is -0.834. The number of hydrogen-bond acceptors (Lipinski definition) is 2. The van der Waals surface area contributed by atoms with Gasteiger partial charge in [-0.15, -0.1) is 0 Å². The summed E-state index contributed by atoms with van der Waals surface area (Å²) in [5.41, 5.74) is 9.24. The number of fused-ring (bicyclic) bond motifs is 1. The lowest BCUT2D eigenvalue weighted by Crippen LogP contribution is -2.25. The van der Waals surface area contributed by atoms with E-state index in [1.165, 1.54) is 11.6 Å². The van der Waals surface area contributed by atoms with Crippen molar-refractivity contribution in [2.75, 3.05) is 0 Å². The number of carbonyl (C=O) groups excluding carboxylic acids is 1. The Morgan fingerprint density at radius 3 is 2.44 bits per heavy atom. The van der Waals surface area contributed by atoms with E-state index in [4.69, 9.17) is 10.5 Å². The van der Waals surface area contributed by atoms with E-state index in [2.05, 4.69) is 13.8 Å². The Bertz CT molecular complexity index is 809. The third kappa shape index (κ3) is 3.26. The fraction of sp³-hybridized carbons (Fsp3) is 0.381. The molecule has 2 N–H and O–H groups in total. The first-order chi connectivity index (χ1) is 11.7. The van der Waals surface area contributed by atoms with Crippen LogP contribution in [0, 0.1) is 11.2 Å². The van der Waals surface area contributed by atoms with Crippen LogP contribution in [-0.2, 0) is 11.2 Å². The molecule has 1 aliphatic rings. The summed E-state index contributed by atoms with van der Waals surface area (Å²) in [4.78, 5) is 11.2. The molecule has 0 aliphatic heterocycles. The third-order valence-corrected chi connectivity index (χ3v) is 4.99. The molecule has 2 aromatic rings. The molecule has 3 nitrogen and oxygen atoms in total. The molecule has 0 aromatic heterocycles. The number of ether oxygens (including phenoxy) is 1. The van der Waals surface area contributed by atoms with E-state index in [1.54, 1.807) is 0 Å². The number of primary amides is 1. The zero-order valence-electron chi connectivity index (χ0n) is 15.1. The first-order valence-electron chi connectivity index (χ1n) is 8.58. The summed E-state index contributed by atoms with van der Waals surface area (Å²) < 4.78 is 20.0. The molecule has 2 aromatic carbocycles. The second-order valence-electron chi connectivity index (χ2n) is 7.79. The van der Waals surface area contributed by atoms with Crippen LogP contribution in [0.15, 0.2) is 36.4 Å². The molecule has 0 radical (unpaired) electrons. The topological polar surface area (TPSA) is 52.3 Å². The zero-order chi connectivity index (χ0) is 18.4. The quantitative estimate of drug-likeness (QED) is 0.820. The molecule has 0 saturated carbocycles.